The molecule has 1 heterocycles. The Morgan fingerprint density at radius 2 is 2.05 bits per heavy atom. The lowest BCUT2D eigenvalue weighted by atomic mass is 10.0. The smallest absolute Gasteiger partial charge is 0.406 e. The Kier molecular flexibility index (Phi) is 5.08. The Morgan fingerprint density at radius 3 is 2.57 bits per heavy atom. The summed E-state index contributed by atoms with van der Waals surface area (Å²) in [5.74, 6) is -0.225. The highest BCUT2D eigenvalue weighted by Gasteiger charge is 2.31. The van der Waals surface area contributed by atoms with Crippen LogP contribution in [-0.2, 0) is 4.74 Å². The predicted octanol–water partition coefficient (Wildman–Crippen LogP) is 2.31. The van der Waals surface area contributed by atoms with E-state index in [9.17, 15) is 13.2 Å². The van der Waals surface area contributed by atoms with E-state index >= 15 is 0 Å². The van der Waals surface area contributed by atoms with E-state index in [0.29, 0.717) is 13.2 Å². The number of halogens is 3. The number of ether oxygens (including phenoxy) is 2. The molecule has 0 saturated carbocycles. The van der Waals surface area contributed by atoms with Gasteiger partial charge in [-0.2, -0.15) is 0 Å². The van der Waals surface area contributed by atoms with E-state index in [1.54, 1.807) is 12.1 Å². The van der Waals surface area contributed by atoms with Crippen LogP contribution in [0.1, 0.15) is 18.5 Å². The number of morpholine rings is 1. The molecular weight excluding hydrogens is 285 g/mol. The number of alkyl halides is 3. The van der Waals surface area contributed by atoms with Gasteiger partial charge < -0.3 is 15.2 Å². The van der Waals surface area contributed by atoms with Gasteiger partial charge in [0.05, 0.1) is 12.7 Å². The van der Waals surface area contributed by atoms with Gasteiger partial charge in [-0.15, -0.1) is 13.2 Å². The van der Waals surface area contributed by atoms with Crippen molar-refractivity contribution in [2.24, 2.45) is 5.73 Å². The fourth-order valence-electron chi connectivity index (χ4n) is 2.52. The summed E-state index contributed by atoms with van der Waals surface area (Å²) in [6.07, 6.45) is -4.55. The molecule has 1 saturated heterocycles. The first kappa shape index (κ1) is 16.1. The van der Waals surface area contributed by atoms with E-state index in [-0.39, 0.29) is 17.9 Å². The van der Waals surface area contributed by atoms with E-state index in [4.69, 9.17) is 10.5 Å². The quantitative estimate of drug-likeness (QED) is 0.927. The Bertz CT molecular complexity index is 451. The van der Waals surface area contributed by atoms with Gasteiger partial charge in [0.1, 0.15) is 5.75 Å². The second-order valence-corrected chi connectivity index (χ2v) is 5.04. The van der Waals surface area contributed by atoms with Crippen LogP contribution in [0.2, 0.25) is 0 Å². The van der Waals surface area contributed by atoms with E-state index < -0.39 is 6.36 Å². The molecule has 1 aliphatic heterocycles. The van der Waals surface area contributed by atoms with Gasteiger partial charge in [-0.3, -0.25) is 4.90 Å². The lowest BCUT2D eigenvalue weighted by molar-refractivity contribution is -0.274. The molecule has 1 aromatic carbocycles. The fraction of sp³-hybridized carbons (Fsp3) is 0.571. The first-order valence-electron chi connectivity index (χ1n) is 6.80. The van der Waals surface area contributed by atoms with Crippen molar-refractivity contribution in [1.29, 1.82) is 0 Å². The van der Waals surface area contributed by atoms with Crippen molar-refractivity contribution in [3.8, 4) is 5.75 Å². The summed E-state index contributed by atoms with van der Waals surface area (Å²) >= 11 is 0. The van der Waals surface area contributed by atoms with Crippen molar-refractivity contribution in [1.82, 2.24) is 4.90 Å². The minimum atomic E-state index is -4.67. The highest BCUT2D eigenvalue weighted by atomic mass is 19.4. The Morgan fingerprint density at radius 1 is 1.38 bits per heavy atom. The summed E-state index contributed by atoms with van der Waals surface area (Å²) in [6.45, 7) is 4.52. The summed E-state index contributed by atoms with van der Waals surface area (Å²) in [6, 6.07) is 5.85. The van der Waals surface area contributed by atoms with E-state index in [2.05, 4.69) is 9.64 Å². The topological polar surface area (TPSA) is 47.7 Å². The van der Waals surface area contributed by atoms with Gasteiger partial charge in [-0.25, -0.2) is 0 Å². The van der Waals surface area contributed by atoms with E-state index in [0.717, 1.165) is 18.7 Å². The number of hydrogen-bond donors (Lipinski definition) is 1. The molecular formula is C14H19F3N2O2. The summed E-state index contributed by atoms with van der Waals surface area (Å²) in [7, 11) is 0. The van der Waals surface area contributed by atoms with Crippen molar-refractivity contribution in [3.05, 3.63) is 29.8 Å². The first-order valence-corrected chi connectivity index (χ1v) is 6.80. The summed E-state index contributed by atoms with van der Waals surface area (Å²) in [4.78, 5) is 2.19. The van der Waals surface area contributed by atoms with Crippen molar-refractivity contribution in [2.45, 2.75) is 25.4 Å². The van der Waals surface area contributed by atoms with Gasteiger partial charge in [0.15, 0.2) is 0 Å². The average Bonchev–Trinajstić information content (AvgIpc) is 2.40. The lowest BCUT2D eigenvalue weighted by Crippen LogP contribution is -2.45. The van der Waals surface area contributed by atoms with E-state index in [1.165, 1.54) is 12.1 Å². The third-order valence-corrected chi connectivity index (χ3v) is 3.43. The SMILES string of the molecule is CC1CN(C(CN)c2ccc(OC(F)(F)F)cc2)CCO1. The van der Waals surface area contributed by atoms with Gasteiger partial charge in [-0.1, -0.05) is 12.1 Å². The molecule has 2 atom stereocenters. The molecule has 2 rings (SSSR count). The molecule has 1 aliphatic rings. The molecule has 2 unspecified atom stereocenters. The van der Waals surface area contributed by atoms with Crippen LogP contribution in [0.5, 0.6) is 5.75 Å². The van der Waals surface area contributed by atoms with Crippen molar-refractivity contribution in [2.75, 3.05) is 26.2 Å². The minimum Gasteiger partial charge on any atom is -0.406 e. The molecule has 0 aromatic heterocycles. The fourth-order valence-corrected chi connectivity index (χ4v) is 2.52. The lowest BCUT2D eigenvalue weighted by Gasteiger charge is -2.37. The number of nitrogens with zero attached hydrogens (tertiary/aromatic N) is 1. The Hall–Kier alpha value is -1.31. The summed E-state index contributed by atoms with van der Waals surface area (Å²) < 4.78 is 45.8. The standard InChI is InChI=1S/C14H19F3N2O2/c1-10-9-19(6-7-20-10)13(8-18)11-2-4-12(5-3-11)21-14(15,16)17/h2-5,10,13H,6-9,18H2,1H3. The number of hydrogen-bond acceptors (Lipinski definition) is 4. The molecule has 1 aromatic rings. The van der Waals surface area contributed by atoms with Crippen LogP contribution in [0.15, 0.2) is 24.3 Å². The molecule has 2 N–H and O–H groups in total. The van der Waals surface area contributed by atoms with Crippen LogP contribution in [0.3, 0.4) is 0 Å². The van der Waals surface area contributed by atoms with Crippen molar-refractivity contribution >= 4 is 0 Å². The molecule has 118 valence electrons. The van der Waals surface area contributed by atoms with Gasteiger partial charge in [-0.05, 0) is 24.6 Å². The third-order valence-electron chi connectivity index (χ3n) is 3.43. The zero-order chi connectivity index (χ0) is 15.5. The number of nitrogens with two attached hydrogens (primary N) is 1. The first-order chi connectivity index (χ1) is 9.89. The normalized spacial score (nSPS) is 22.0. The molecule has 4 nitrogen and oxygen atoms in total. The predicted molar refractivity (Wildman–Crippen MR) is 71.9 cm³/mol. The van der Waals surface area contributed by atoms with Crippen LogP contribution in [0.25, 0.3) is 0 Å². The molecule has 7 heteroatoms. The molecule has 0 amide bonds. The maximum atomic E-state index is 12.1. The monoisotopic (exact) mass is 304 g/mol. The van der Waals surface area contributed by atoms with Gasteiger partial charge in [0, 0.05) is 25.7 Å². The van der Waals surface area contributed by atoms with Crippen molar-refractivity contribution in [3.63, 3.8) is 0 Å². The maximum Gasteiger partial charge on any atom is 0.573 e. The van der Waals surface area contributed by atoms with Gasteiger partial charge in [0.2, 0.25) is 0 Å². The third kappa shape index (κ3) is 4.59. The molecule has 21 heavy (non-hydrogen) atoms. The molecule has 0 radical (unpaired) electrons. The zero-order valence-corrected chi connectivity index (χ0v) is 11.8. The largest absolute Gasteiger partial charge is 0.573 e. The summed E-state index contributed by atoms with van der Waals surface area (Å²) in [5, 5.41) is 0. The molecule has 1 fully saturated rings. The zero-order valence-electron chi connectivity index (χ0n) is 11.8. The van der Waals surface area contributed by atoms with Crippen LogP contribution >= 0.6 is 0 Å². The Labute approximate surface area is 121 Å². The van der Waals surface area contributed by atoms with Crippen molar-refractivity contribution < 1.29 is 22.6 Å². The summed E-state index contributed by atoms with van der Waals surface area (Å²) in [5.41, 5.74) is 6.70. The molecule has 0 spiro atoms. The van der Waals surface area contributed by atoms with Crippen LogP contribution in [0, 0.1) is 0 Å². The highest BCUT2D eigenvalue weighted by Crippen LogP contribution is 2.27. The van der Waals surface area contributed by atoms with E-state index in [1.807, 2.05) is 6.92 Å². The highest BCUT2D eigenvalue weighted by molar-refractivity contribution is 5.29. The minimum absolute atomic E-state index is 0.0312. The van der Waals surface area contributed by atoms with Crippen LogP contribution in [-0.4, -0.2) is 43.6 Å². The second kappa shape index (κ2) is 6.64. The second-order valence-electron chi connectivity index (χ2n) is 5.04. The number of rotatable bonds is 4. The average molecular weight is 304 g/mol. The molecule has 0 aliphatic carbocycles. The van der Waals surface area contributed by atoms with Gasteiger partial charge in [0.25, 0.3) is 0 Å². The number of benzene rings is 1. The van der Waals surface area contributed by atoms with Crippen LogP contribution < -0.4 is 10.5 Å². The Balaban J connectivity index is 2.08. The van der Waals surface area contributed by atoms with Gasteiger partial charge >= 0.3 is 6.36 Å². The molecule has 0 bridgehead atoms. The van der Waals surface area contributed by atoms with Crippen LogP contribution in [0.4, 0.5) is 13.2 Å². The maximum absolute atomic E-state index is 12.1.